The molecule has 0 saturated carbocycles. The van der Waals surface area contributed by atoms with Gasteiger partial charge in [-0.1, -0.05) is 11.6 Å². The molecule has 4 N–H and O–H groups in total. The Hall–Kier alpha value is -2.88. The largest absolute Gasteiger partial charge is 0.507 e. The summed E-state index contributed by atoms with van der Waals surface area (Å²) in [5, 5.41) is 9.26. The summed E-state index contributed by atoms with van der Waals surface area (Å²) in [6.45, 7) is 0. The lowest BCUT2D eigenvalue weighted by Gasteiger charge is -2.19. The first-order chi connectivity index (χ1) is 12.8. The highest BCUT2D eigenvalue weighted by molar-refractivity contribution is 6.31. The number of phenolic OH excluding ortho intramolecular Hbond substituents is 1. The number of nitrogen functional groups attached to an aromatic ring is 1. The van der Waals surface area contributed by atoms with Gasteiger partial charge in [0, 0.05) is 21.5 Å². The topological polar surface area (TPSA) is 79.1 Å². The molecule has 1 heterocycles. The number of nitrogens with two attached hydrogens (primary N) is 1. The predicted octanol–water partition coefficient (Wildman–Crippen LogP) is 5.17. The number of nitrogens with one attached hydrogen (secondary N) is 1. The molecule has 0 radical (unpaired) electrons. The van der Waals surface area contributed by atoms with Crippen molar-refractivity contribution in [1.82, 2.24) is 4.98 Å². The van der Waals surface area contributed by atoms with Crippen LogP contribution in [0.15, 0.2) is 35.1 Å². The van der Waals surface area contributed by atoms with Crippen LogP contribution in [0.5, 0.6) is 5.75 Å². The zero-order chi connectivity index (χ0) is 21.0. The standard InChI is InChI=1S/C17H9ClF6N2O2/c18-7-1-2-11(27)8(5-7)12-13-9(17(22,23)24)3-6(16(19,20)21)4-10(13)26-15(28)14(12)25/h1-5,27H,25H2,(H,26,28). The van der Waals surface area contributed by atoms with E-state index in [1.54, 1.807) is 0 Å². The molecule has 2 aromatic carbocycles. The van der Waals surface area contributed by atoms with Gasteiger partial charge in [-0.2, -0.15) is 26.3 Å². The Balaban J connectivity index is 2.60. The molecule has 0 aliphatic rings. The molecular weight excluding hydrogens is 414 g/mol. The van der Waals surface area contributed by atoms with Gasteiger partial charge in [-0.05, 0) is 30.3 Å². The minimum absolute atomic E-state index is 0.00102. The summed E-state index contributed by atoms with van der Waals surface area (Å²) >= 11 is 5.82. The van der Waals surface area contributed by atoms with Crippen LogP contribution in [-0.2, 0) is 12.4 Å². The SMILES string of the molecule is Nc1c(-c2cc(Cl)ccc2O)c2c(C(F)(F)F)cc(C(F)(F)F)cc2[nH]c1=O. The first-order valence-electron chi connectivity index (χ1n) is 7.43. The van der Waals surface area contributed by atoms with E-state index in [9.17, 15) is 36.2 Å². The molecule has 0 unspecified atom stereocenters. The van der Waals surface area contributed by atoms with Crippen molar-refractivity contribution in [1.29, 1.82) is 0 Å². The van der Waals surface area contributed by atoms with Gasteiger partial charge in [-0.15, -0.1) is 0 Å². The molecule has 3 rings (SSSR count). The fraction of sp³-hybridized carbons (Fsp3) is 0.118. The highest BCUT2D eigenvalue weighted by Crippen LogP contribution is 2.45. The quantitative estimate of drug-likeness (QED) is 0.473. The minimum Gasteiger partial charge on any atom is -0.507 e. The fourth-order valence-corrected chi connectivity index (χ4v) is 3.00. The Bertz CT molecular complexity index is 1150. The van der Waals surface area contributed by atoms with Gasteiger partial charge in [0.05, 0.1) is 16.6 Å². The molecule has 0 bridgehead atoms. The van der Waals surface area contributed by atoms with Crippen molar-refractivity contribution in [2.75, 3.05) is 5.73 Å². The lowest BCUT2D eigenvalue weighted by Crippen LogP contribution is -2.18. The van der Waals surface area contributed by atoms with Crippen LogP contribution in [0.2, 0.25) is 5.02 Å². The van der Waals surface area contributed by atoms with Gasteiger partial charge in [0.15, 0.2) is 0 Å². The molecule has 28 heavy (non-hydrogen) atoms. The fourth-order valence-electron chi connectivity index (χ4n) is 2.82. The van der Waals surface area contributed by atoms with Gasteiger partial charge >= 0.3 is 12.4 Å². The van der Waals surface area contributed by atoms with Gasteiger partial charge in [-0.25, -0.2) is 0 Å². The number of aromatic hydroxyl groups is 1. The molecule has 3 aromatic rings. The number of H-pyrrole nitrogens is 1. The van der Waals surface area contributed by atoms with Crippen molar-refractivity contribution < 1.29 is 31.4 Å². The van der Waals surface area contributed by atoms with E-state index in [-0.39, 0.29) is 16.7 Å². The number of pyridine rings is 1. The molecule has 0 spiro atoms. The number of hydrogen-bond donors (Lipinski definition) is 3. The maximum Gasteiger partial charge on any atom is 0.417 e. The molecule has 0 amide bonds. The second-order valence-corrected chi connectivity index (χ2v) is 6.28. The second kappa shape index (κ2) is 6.33. The van der Waals surface area contributed by atoms with Crippen LogP contribution in [0.1, 0.15) is 11.1 Å². The van der Waals surface area contributed by atoms with Gasteiger partial charge < -0.3 is 15.8 Å². The number of benzene rings is 2. The van der Waals surface area contributed by atoms with Crippen molar-refractivity contribution in [2.45, 2.75) is 12.4 Å². The zero-order valence-corrected chi connectivity index (χ0v) is 14.2. The molecule has 4 nitrogen and oxygen atoms in total. The van der Waals surface area contributed by atoms with E-state index in [0.29, 0.717) is 6.07 Å². The van der Waals surface area contributed by atoms with Crippen molar-refractivity contribution in [3.05, 3.63) is 56.8 Å². The van der Waals surface area contributed by atoms with E-state index in [0.717, 1.165) is 12.1 Å². The number of alkyl halides is 6. The van der Waals surface area contributed by atoms with Crippen LogP contribution >= 0.6 is 11.6 Å². The third kappa shape index (κ3) is 3.35. The summed E-state index contributed by atoms with van der Waals surface area (Å²) in [6.07, 6.45) is -10.3. The minimum atomic E-state index is -5.22. The molecule has 0 aliphatic heterocycles. The molecule has 1 aromatic heterocycles. The third-order valence-corrected chi connectivity index (χ3v) is 4.25. The normalized spacial score (nSPS) is 12.5. The maximum atomic E-state index is 13.6. The molecule has 0 saturated heterocycles. The van der Waals surface area contributed by atoms with E-state index >= 15 is 0 Å². The predicted molar refractivity (Wildman–Crippen MR) is 91.1 cm³/mol. The van der Waals surface area contributed by atoms with E-state index in [2.05, 4.69) is 0 Å². The number of anilines is 1. The average molecular weight is 423 g/mol. The lowest BCUT2D eigenvalue weighted by molar-refractivity contribution is -0.142. The van der Waals surface area contributed by atoms with E-state index in [1.165, 1.54) is 6.07 Å². The van der Waals surface area contributed by atoms with Crippen molar-refractivity contribution in [2.24, 2.45) is 0 Å². The summed E-state index contributed by atoms with van der Waals surface area (Å²) in [5.74, 6) is -0.559. The van der Waals surface area contributed by atoms with Gasteiger partial charge in [0.1, 0.15) is 11.4 Å². The van der Waals surface area contributed by atoms with E-state index < -0.39 is 56.9 Å². The highest BCUT2D eigenvalue weighted by Gasteiger charge is 2.39. The maximum absolute atomic E-state index is 13.6. The number of phenols is 1. The summed E-state index contributed by atoms with van der Waals surface area (Å²) in [6, 6.07) is 3.64. The Morgan fingerprint density at radius 2 is 1.64 bits per heavy atom. The van der Waals surface area contributed by atoms with Crippen molar-refractivity contribution >= 4 is 28.2 Å². The Morgan fingerprint density at radius 3 is 2.21 bits per heavy atom. The number of fused-ring (bicyclic) bond motifs is 1. The molecule has 0 aliphatic carbocycles. The van der Waals surface area contributed by atoms with Crippen LogP contribution in [0.3, 0.4) is 0 Å². The first-order valence-corrected chi connectivity index (χ1v) is 7.81. The zero-order valence-electron chi connectivity index (χ0n) is 13.5. The number of aromatic nitrogens is 1. The van der Waals surface area contributed by atoms with Crippen LogP contribution < -0.4 is 11.3 Å². The van der Waals surface area contributed by atoms with Crippen LogP contribution in [0, 0.1) is 0 Å². The number of halogens is 7. The van der Waals surface area contributed by atoms with Crippen LogP contribution in [0.25, 0.3) is 22.0 Å². The Labute approximate surface area is 157 Å². The van der Waals surface area contributed by atoms with Crippen molar-refractivity contribution in [3.8, 4) is 16.9 Å². The number of rotatable bonds is 1. The Morgan fingerprint density at radius 1 is 1.00 bits per heavy atom. The molecular formula is C17H9ClF6N2O2. The monoisotopic (exact) mass is 422 g/mol. The van der Waals surface area contributed by atoms with Gasteiger partial charge in [0.2, 0.25) is 0 Å². The molecule has 0 fully saturated rings. The molecule has 11 heteroatoms. The summed E-state index contributed by atoms with van der Waals surface area (Å²) in [5.41, 5.74) is -1.09. The summed E-state index contributed by atoms with van der Waals surface area (Å²) in [4.78, 5) is 14.0. The van der Waals surface area contributed by atoms with Crippen molar-refractivity contribution in [3.63, 3.8) is 0 Å². The second-order valence-electron chi connectivity index (χ2n) is 5.85. The lowest BCUT2D eigenvalue weighted by atomic mass is 9.93. The molecule has 148 valence electrons. The van der Waals surface area contributed by atoms with Gasteiger partial charge in [-0.3, -0.25) is 4.79 Å². The van der Waals surface area contributed by atoms with Gasteiger partial charge in [0.25, 0.3) is 5.56 Å². The molecule has 0 atom stereocenters. The van der Waals surface area contributed by atoms with Crippen LogP contribution in [0.4, 0.5) is 32.0 Å². The third-order valence-electron chi connectivity index (χ3n) is 4.01. The number of hydrogen-bond acceptors (Lipinski definition) is 3. The summed E-state index contributed by atoms with van der Waals surface area (Å²) in [7, 11) is 0. The van der Waals surface area contributed by atoms with E-state index in [1.807, 2.05) is 4.98 Å². The average Bonchev–Trinajstić information content (AvgIpc) is 2.56. The van der Waals surface area contributed by atoms with E-state index in [4.69, 9.17) is 17.3 Å². The first kappa shape index (κ1) is 19.9. The smallest absolute Gasteiger partial charge is 0.417 e. The Kier molecular flexibility index (Phi) is 4.49. The van der Waals surface area contributed by atoms with Crippen LogP contribution in [-0.4, -0.2) is 10.1 Å². The number of aromatic amines is 1. The highest BCUT2D eigenvalue weighted by atomic mass is 35.5. The summed E-state index contributed by atoms with van der Waals surface area (Å²) < 4.78 is 80.0.